The van der Waals surface area contributed by atoms with Gasteiger partial charge in [0.05, 0.1) is 0 Å². The highest BCUT2D eigenvalue weighted by molar-refractivity contribution is 7.80. The van der Waals surface area contributed by atoms with Gasteiger partial charge in [-0.3, -0.25) is 4.79 Å². The highest BCUT2D eigenvalue weighted by atomic mass is 32.1. The van der Waals surface area contributed by atoms with Gasteiger partial charge in [0, 0.05) is 26.8 Å². The Balaban J connectivity index is 2.80. The summed E-state index contributed by atoms with van der Waals surface area (Å²) in [4.78, 5) is 14.2. The maximum atomic E-state index is 13.1. The summed E-state index contributed by atoms with van der Waals surface area (Å²) in [6.45, 7) is 21.5. The van der Waals surface area contributed by atoms with Crippen LogP contribution >= 0.6 is 12.2 Å². The molecule has 0 heterocycles. The molecular formula is C22H32OS. The van der Waals surface area contributed by atoms with Crippen LogP contribution in [0.3, 0.4) is 0 Å². The molecule has 0 aromatic heterocycles. The van der Waals surface area contributed by atoms with Crippen LogP contribution in [0.5, 0.6) is 0 Å². The summed E-state index contributed by atoms with van der Waals surface area (Å²) in [5, 5.41) is 0. The third-order valence-electron chi connectivity index (χ3n) is 5.38. The summed E-state index contributed by atoms with van der Waals surface area (Å²) in [6, 6.07) is 0. The van der Waals surface area contributed by atoms with Gasteiger partial charge in [-0.05, 0) is 34.1 Å². The van der Waals surface area contributed by atoms with Crippen LogP contribution in [-0.4, -0.2) is 10.6 Å². The van der Waals surface area contributed by atoms with Gasteiger partial charge in [-0.25, -0.2) is 0 Å². The summed E-state index contributed by atoms with van der Waals surface area (Å²) < 4.78 is 0. The van der Waals surface area contributed by atoms with E-state index in [4.69, 9.17) is 12.2 Å². The molecule has 2 aliphatic carbocycles. The number of hydrogen-bond acceptors (Lipinski definition) is 2. The fraction of sp³-hybridized carbons (Fsp3) is 0.636. The molecule has 0 saturated heterocycles. The van der Waals surface area contributed by atoms with Crippen molar-refractivity contribution in [1.82, 2.24) is 0 Å². The molecule has 24 heavy (non-hydrogen) atoms. The molecule has 0 aromatic rings. The predicted molar refractivity (Wildman–Crippen MR) is 107 cm³/mol. The average Bonchev–Trinajstić information content (AvgIpc) is 2.36. The van der Waals surface area contributed by atoms with Crippen molar-refractivity contribution in [2.45, 2.75) is 69.2 Å². The second-order valence-corrected chi connectivity index (χ2v) is 10.8. The Kier molecular flexibility index (Phi) is 4.21. The second kappa shape index (κ2) is 5.24. The van der Waals surface area contributed by atoms with Gasteiger partial charge in [-0.1, -0.05) is 81.5 Å². The van der Waals surface area contributed by atoms with Gasteiger partial charge in [0.1, 0.15) is 0 Å². The van der Waals surface area contributed by atoms with Crippen LogP contribution in [0.15, 0.2) is 34.4 Å². The van der Waals surface area contributed by atoms with E-state index in [-0.39, 0.29) is 27.4 Å². The van der Waals surface area contributed by atoms with E-state index >= 15 is 0 Å². The molecule has 0 spiro atoms. The molecule has 0 N–H and O–H groups in total. The quantitative estimate of drug-likeness (QED) is 0.483. The fourth-order valence-electron chi connectivity index (χ4n) is 4.34. The highest BCUT2D eigenvalue weighted by Crippen LogP contribution is 2.58. The number of thiocarbonyl (C=S) groups is 1. The Bertz CT molecular complexity index is 654. The number of ketones is 1. The Morgan fingerprint density at radius 1 is 0.792 bits per heavy atom. The Labute approximate surface area is 153 Å². The highest BCUT2D eigenvalue weighted by Gasteiger charge is 2.54. The second-order valence-electron chi connectivity index (χ2n) is 10.4. The van der Waals surface area contributed by atoms with Crippen molar-refractivity contribution in [3.05, 3.63) is 34.4 Å². The average molecular weight is 345 g/mol. The lowest BCUT2D eigenvalue weighted by molar-refractivity contribution is -0.114. The third kappa shape index (κ3) is 2.77. The number of carbonyl (C=O) groups excluding carboxylic acids is 1. The van der Waals surface area contributed by atoms with E-state index < -0.39 is 0 Å². The van der Waals surface area contributed by atoms with E-state index in [0.29, 0.717) is 0 Å². The molecule has 2 rings (SSSR count). The van der Waals surface area contributed by atoms with E-state index in [1.165, 1.54) is 11.1 Å². The zero-order chi connectivity index (χ0) is 18.9. The predicted octanol–water partition coefficient (Wildman–Crippen LogP) is 6.25. The van der Waals surface area contributed by atoms with Gasteiger partial charge < -0.3 is 0 Å². The summed E-state index contributed by atoms with van der Waals surface area (Å²) in [7, 11) is 0. The maximum Gasteiger partial charge on any atom is 0.186 e. The summed E-state index contributed by atoms with van der Waals surface area (Å²) in [5.74, 6) is 0.192. The van der Waals surface area contributed by atoms with Crippen molar-refractivity contribution in [2.24, 2.45) is 21.7 Å². The van der Waals surface area contributed by atoms with E-state index in [0.717, 1.165) is 16.0 Å². The molecule has 0 unspecified atom stereocenters. The van der Waals surface area contributed by atoms with E-state index in [2.05, 4.69) is 81.4 Å². The normalized spacial score (nSPS) is 23.8. The van der Waals surface area contributed by atoms with Crippen molar-refractivity contribution >= 4 is 22.9 Å². The number of rotatable bonds is 0. The first-order valence-electron chi connectivity index (χ1n) is 8.81. The van der Waals surface area contributed by atoms with Gasteiger partial charge in [-0.2, -0.15) is 0 Å². The van der Waals surface area contributed by atoms with E-state index in [9.17, 15) is 4.79 Å². The van der Waals surface area contributed by atoms with Crippen LogP contribution in [0.4, 0.5) is 0 Å². The summed E-state index contributed by atoms with van der Waals surface area (Å²) >= 11 is 5.69. The zero-order valence-corrected chi connectivity index (χ0v) is 17.8. The van der Waals surface area contributed by atoms with Crippen LogP contribution in [-0.2, 0) is 4.79 Å². The molecule has 0 bridgehead atoms. The van der Waals surface area contributed by atoms with Gasteiger partial charge in [0.15, 0.2) is 5.78 Å². The van der Waals surface area contributed by atoms with Gasteiger partial charge in [-0.15, -0.1) is 0 Å². The molecule has 1 fully saturated rings. The Hall–Kier alpha value is -1.02. The minimum Gasteiger partial charge on any atom is -0.289 e. The van der Waals surface area contributed by atoms with Crippen molar-refractivity contribution in [2.75, 3.05) is 0 Å². The first-order chi connectivity index (χ1) is 10.5. The molecule has 0 atom stereocenters. The van der Waals surface area contributed by atoms with Crippen molar-refractivity contribution in [1.29, 1.82) is 0 Å². The molecule has 0 amide bonds. The summed E-state index contributed by atoms with van der Waals surface area (Å²) in [6.07, 6.45) is 4.25. The lowest BCUT2D eigenvalue weighted by Gasteiger charge is -2.55. The van der Waals surface area contributed by atoms with Crippen molar-refractivity contribution < 1.29 is 4.79 Å². The van der Waals surface area contributed by atoms with E-state index in [1.807, 2.05) is 0 Å². The van der Waals surface area contributed by atoms with Gasteiger partial charge >= 0.3 is 0 Å². The molecule has 132 valence electrons. The minimum absolute atomic E-state index is 0.0897. The largest absolute Gasteiger partial charge is 0.289 e. The number of Topliss-reactive ketones (excluding diaryl/α,β-unsaturated/α-hetero) is 1. The molecule has 0 aromatic carbocycles. The van der Waals surface area contributed by atoms with E-state index in [1.54, 1.807) is 0 Å². The lowest BCUT2D eigenvalue weighted by Crippen LogP contribution is -2.53. The summed E-state index contributed by atoms with van der Waals surface area (Å²) in [5.41, 5.74) is 3.83. The fourth-order valence-corrected chi connectivity index (χ4v) is 4.54. The molecule has 2 aliphatic rings. The first-order valence-corrected chi connectivity index (χ1v) is 9.22. The lowest BCUT2D eigenvalue weighted by atomic mass is 9.50. The monoisotopic (exact) mass is 344 g/mol. The minimum atomic E-state index is -0.174. The first kappa shape index (κ1) is 19.3. The standard InChI is InChI=1S/C22H32OS/c1-19(2,3)14-11-13(12-15(16(14)23)20(4,5)6)17-21(7,8)18(24)22(17,9)10/h11-12H,1-10H3. The molecule has 2 heteroatoms. The topological polar surface area (TPSA) is 17.1 Å². The Morgan fingerprint density at radius 2 is 1.12 bits per heavy atom. The maximum absolute atomic E-state index is 13.1. The van der Waals surface area contributed by atoms with Crippen LogP contribution in [0, 0.1) is 21.7 Å². The number of hydrogen-bond donors (Lipinski definition) is 0. The van der Waals surface area contributed by atoms with Crippen LogP contribution in [0.2, 0.25) is 0 Å². The zero-order valence-electron chi connectivity index (χ0n) is 17.0. The molecule has 0 aliphatic heterocycles. The molecule has 1 saturated carbocycles. The molecule has 0 radical (unpaired) electrons. The van der Waals surface area contributed by atoms with Crippen LogP contribution in [0.25, 0.3) is 0 Å². The third-order valence-corrected chi connectivity index (χ3v) is 6.40. The van der Waals surface area contributed by atoms with Crippen molar-refractivity contribution in [3.63, 3.8) is 0 Å². The number of allylic oxidation sites excluding steroid dienone is 6. The smallest absolute Gasteiger partial charge is 0.186 e. The molecular weight excluding hydrogens is 312 g/mol. The van der Waals surface area contributed by atoms with Gasteiger partial charge in [0.2, 0.25) is 0 Å². The van der Waals surface area contributed by atoms with Crippen molar-refractivity contribution in [3.8, 4) is 0 Å². The Morgan fingerprint density at radius 3 is 1.42 bits per heavy atom. The van der Waals surface area contributed by atoms with Crippen LogP contribution < -0.4 is 0 Å². The van der Waals surface area contributed by atoms with Gasteiger partial charge in [0.25, 0.3) is 0 Å². The van der Waals surface area contributed by atoms with Crippen LogP contribution in [0.1, 0.15) is 69.2 Å². The number of carbonyl (C=O) groups is 1. The SMILES string of the molecule is CC(C)(C)C1=CC(=C2C(C)(C)C(=S)C2(C)C)C=C(C(C)(C)C)C1=O. The molecule has 1 nitrogen and oxygen atoms in total.